The van der Waals surface area contributed by atoms with Crippen molar-refractivity contribution in [2.75, 3.05) is 13.1 Å². The lowest BCUT2D eigenvalue weighted by Gasteiger charge is -2.35. The molecule has 2 heteroatoms. The van der Waals surface area contributed by atoms with E-state index in [4.69, 9.17) is 11.6 Å². The van der Waals surface area contributed by atoms with Gasteiger partial charge in [-0.3, -0.25) is 0 Å². The number of benzene rings is 1. The molecule has 0 aromatic heterocycles. The molecule has 0 bridgehead atoms. The highest BCUT2D eigenvalue weighted by molar-refractivity contribution is 6.30. The van der Waals surface area contributed by atoms with Crippen LogP contribution in [0.25, 0.3) is 0 Å². The topological polar surface area (TPSA) is 12.0 Å². The first-order valence-electron chi connectivity index (χ1n) is 7.16. The van der Waals surface area contributed by atoms with E-state index in [0.29, 0.717) is 5.41 Å². The first kappa shape index (κ1) is 13.9. The van der Waals surface area contributed by atoms with Gasteiger partial charge in [0.1, 0.15) is 0 Å². The molecule has 1 fully saturated rings. The van der Waals surface area contributed by atoms with Crippen LogP contribution in [0.15, 0.2) is 24.3 Å². The number of rotatable bonds is 5. The van der Waals surface area contributed by atoms with E-state index < -0.39 is 0 Å². The highest BCUT2D eigenvalue weighted by atomic mass is 35.5. The van der Waals surface area contributed by atoms with E-state index >= 15 is 0 Å². The van der Waals surface area contributed by atoms with E-state index in [1.54, 1.807) is 0 Å². The van der Waals surface area contributed by atoms with Crippen molar-refractivity contribution in [3.8, 4) is 0 Å². The van der Waals surface area contributed by atoms with Crippen LogP contribution in [-0.4, -0.2) is 13.1 Å². The second-order valence-electron chi connectivity index (χ2n) is 5.64. The van der Waals surface area contributed by atoms with Gasteiger partial charge in [-0.1, -0.05) is 44.0 Å². The van der Waals surface area contributed by atoms with Crippen LogP contribution in [0.3, 0.4) is 0 Å². The van der Waals surface area contributed by atoms with Crippen molar-refractivity contribution in [1.29, 1.82) is 0 Å². The maximum absolute atomic E-state index is 6.17. The third-order valence-corrected chi connectivity index (χ3v) is 4.71. The molecule has 18 heavy (non-hydrogen) atoms. The van der Waals surface area contributed by atoms with Gasteiger partial charge in [-0.25, -0.2) is 0 Å². The average Bonchev–Trinajstić information content (AvgIpc) is 2.72. The smallest absolute Gasteiger partial charge is 0.0408 e. The van der Waals surface area contributed by atoms with E-state index in [9.17, 15) is 0 Å². The Labute approximate surface area is 116 Å². The highest BCUT2D eigenvalue weighted by Crippen LogP contribution is 2.45. The van der Waals surface area contributed by atoms with Gasteiger partial charge < -0.3 is 5.32 Å². The third-order valence-electron chi connectivity index (χ3n) is 4.47. The monoisotopic (exact) mass is 265 g/mol. The predicted octanol–water partition coefficient (Wildman–Crippen LogP) is 4.40. The molecule has 0 aliphatic heterocycles. The molecule has 1 saturated carbocycles. The van der Waals surface area contributed by atoms with Gasteiger partial charge in [0.05, 0.1) is 0 Å². The SMILES string of the molecule is CCCNCC1(c2cccc(Cl)c2)CCCC1C. The number of halogens is 1. The molecule has 0 saturated heterocycles. The summed E-state index contributed by atoms with van der Waals surface area (Å²) in [5.74, 6) is 0.736. The fraction of sp³-hybridized carbons (Fsp3) is 0.625. The van der Waals surface area contributed by atoms with Crippen LogP contribution in [0, 0.1) is 5.92 Å². The lowest BCUT2D eigenvalue weighted by molar-refractivity contribution is 0.318. The van der Waals surface area contributed by atoms with Gasteiger partial charge in [-0.15, -0.1) is 0 Å². The maximum Gasteiger partial charge on any atom is 0.0408 e. The fourth-order valence-corrected chi connectivity index (χ4v) is 3.52. The van der Waals surface area contributed by atoms with Crippen molar-refractivity contribution in [3.63, 3.8) is 0 Å². The van der Waals surface area contributed by atoms with Crippen LogP contribution in [0.5, 0.6) is 0 Å². The average molecular weight is 266 g/mol. The van der Waals surface area contributed by atoms with Gasteiger partial charge >= 0.3 is 0 Å². The molecule has 1 nitrogen and oxygen atoms in total. The molecule has 0 radical (unpaired) electrons. The van der Waals surface area contributed by atoms with Crippen LogP contribution in [0.4, 0.5) is 0 Å². The molecule has 0 spiro atoms. The fourth-order valence-electron chi connectivity index (χ4n) is 3.33. The van der Waals surface area contributed by atoms with Gasteiger partial charge in [-0.2, -0.15) is 0 Å². The summed E-state index contributed by atoms with van der Waals surface area (Å²) >= 11 is 6.17. The van der Waals surface area contributed by atoms with E-state index in [1.165, 1.54) is 31.2 Å². The van der Waals surface area contributed by atoms with Crippen molar-refractivity contribution in [1.82, 2.24) is 5.32 Å². The Morgan fingerprint density at radius 2 is 2.28 bits per heavy atom. The first-order valence-corrected chi connectivity index (χ1v) is 7.53. The van der Waals surface area contributed by atoms with Crippen molar-refractivity contribution in [3.05, 3.63) is 34.9 Å². The maximum atomic E-state index is 6.17. The molecule has 1 aliphatic rings. The predicted molar refractivity (Wildman–Crippen MR) is 79.3 cm³/mol. The van der Waals surface area contributed by atoms with E-state index in [1.807, 2.05) is 6.07 Å². The van der Waals surface area contributed by atoms with Gasteiger partial charge in [0.15, 0.2) is 0 Å². The van der Waals surface area contributed by atoms with Gasteiger partial charge in [0.25, 0.3) is 0 Å². The molecular weight excluding hydrogens is 242 g/mol. The molecule has 2 rings (SSSR count). The summed E-state index contributed by atoms with van der Waals surface area (Å²) in [6.07, 6.45) is 5.15. The Morgan fingerprint density at radius 1 is 1.44 bits per heavy atom. The minimum Gasteiger partial charge on any atom is -0.316 e. The zero-order valence-electron chi connectivity index (χ0n) is 11.5. The van der Waals surface area contributed by atoms with Gasteiger partial charge in [0.2, 0.25) is 0 Å². The second kappa shape index (κ2) is 6.08. The van der Waals surface area contributed by atoms with Crippen LogP contribution in [-0.2, 0) is 5.41 Å². The molecule has 1 aromatic rings. The largest absolute Gasteiger partial charge is 0.316 e. The normalized spacial score (nSPS) is 27.6. The van der Waals surface area contributed by atoms with Crippen LogP contribution < -0.4 is 5.32 Å². The standard InChI is InChI=1S/C16H24ClN/c1-3-10-18-12-16(9-5-6-13(16)2)14-7-4-8-15(17)11-14/h4,7-8,11,13,18H,3,5-6,9-10,12H2,1-2H3. The summed E-state index contributed by atoms with van der Waals surface area (Å²) in [7, 11) is 0. The highest BCUT2D eigenvalue weighted by Gasteiger charge is 2.41. The molecule has 1 N–H and O–H groups in total. The van der Waals surface area contributed by atoms with Gasteiger partial charge in [-0.05, 0) is 49.4 Å². The summed E-state index contributed by atoms with van der Waals surface area (Å²) in [4.78, 5) is 0. The Hall–Kier alpha value is -0.530. The molecule has 2 unspecified atom stereocenters. The molecule has 1 aromatic carbocycles. The second-order valence-corrected chi connectivity index (χ2v) is 6.07. The van der Waals surface area contributed by atoms with Crippen molar-refractivity contribution in [2.45, 2.75) is 44.9 Å². The third kappa shape index (κ3) is 2.73. The minimum atomic E-state index is 0.292. The molecule has 2 atom stereocenters. The summed E-state index contributed by atoms with van der Waals surface area (Å²) in [6.45, 7) is 6.80. The summed E-state index contributed by atoms with van der Waals surface area (Å²) in [5, 5.41) is 4.49. The Kier molecular flexibility index (Phi) is 4.69. The quantitative estimate of drug-likeness (QED) is 0.779. The van der Waals surface area contributed by atoms with Crippen molar-refractivity contribution >= 4 is 11.6 Å². The van der Waals surface area contributed by atoms with Crippen molar-refractivity contribution < 1.29 is 0 Å². The number of hydrogen-bond donors (Lipinski definition) is 1. The lowest BCUT2D eigenvalue weighted by Crippen LogP contribution is -2.40. The van der Waals surface area contributed by atoms with E-state index in [0.717, 1.165) is 24.0 Å². The summed E-state index contributed by atoms with van der Waals surface area (Å²) in [5.41, 5.74) is 1.71. The summed E-state index contributed by atoms with van der Waals surface area (Å²) in [6, 6.07) is 8.47. The first-order chi connectivity index (χ1) is 8.69. The molecular formula is C16H24ClN. The summed E-state index contributed by atoms with van der Waals surface area (Å²) < 4.78 is 0. The zero-order valence-corrected chi connectivity index (χ0v) is 12.3. The zero-order chi connectivity index (χ0) is 13.0. The van der Waals surface area contributed by atoms with Crippen LogP contribution in [0.1, 0.15) is 45.1 Å². The number of nitrogens with one attached hydrogen (secondary N) is 1. The molecule has 100 valence electrons. The van der Waals surface area contributed by atoms with Crippen LogP contribution >= 0.6 is 11.6 Å². The molecule has 0 amide bonds. The van der Waals surface area contributed by atoms with E-state index in [-0.39, 0.29) is 0 Å². The molecule has 1 aliphatic carbocycles. The van der Waals surface area contributed by atoms with Crippen molar-refractivity contribution in [2.24, 2.45) is 5.92 Å². The molecule has 0 heterocycles. The Bertz CT molecular complexity index is 390. The Balaban J connectivity index is 2.24. The minimum absolute atomic E-state index is 0.292. The lowest BCUT2D eigenvalue weighted by atomic mass is 9.73. The van der Waals surface area contributed by atoms with E-state index in [2.05, 4.69) is 37.4 Å². The Morgan fingerprint density at radius 3 is 2.89 bits per heavy atom. The number of hydrogen-bond acceptors (Lipinski definition) is 1. The van der Waals surface area contributed by atoms with Crippen LogP contribution in [0.2, 0.25) is 5.02 Å². The van der Waals surface area contributed by atoms with Gasteiger partial charge in [0, 0.05) is 17.0 Å².